The van der Waals surface area contributed by atoms with Gasteiger partial charge in [-0.3, -0.25) is 19.5 Å². The number of aromatic nitrogens is 1. The maximum absolute atomic E-state index is 11.8. The Morgan fingerprint density at radius 2 is 2.27 bits per heavy atom. The molecule has 22 heavy (non-hydrogen) atoms. The Morgan fingerprint density at radius 1 is 1.50 bits per heavy atom. The summed E-state index contributed by atoms with van der Waals surface area (Å²) in [5.41, 5.74) is 0. The van der Waals surface area contributed by atoms with Crippen LogP contribution in [0.4, 0.5) is 0 Å². The third-order valence-electron chi connectivity index (χ3n) is 3.74. The van der Waals surface area contributed by atoms with Gasteiger partial charge >= 0.3 is 5.97 Å². The Labute approximate surface area is 129 Å². The number of nitrogens with one attached hydrogen (secondary N) is 1. The molecule has 1 aliphatic carbocycles. The number of carbonyl (C=O) groups excluding carboxylic acids is 1. The van der Waals surface area contributed by atoms with Gasteiger partial charge in [-0.25, -0.2) is 0 Å². The molecule has 2 rings (SSSR count). The van der Waals surface area contributed by atoms with E-state index in [9.17, 15) is 9.59 Å². The number of carbonyl (C=O) groups is 2. The van der Waals surface area contributed by atoms with Crippen molar-refractivity contribution in [3.05, 3.63) is 24.5 Å². The van der Waals surface area contributed by atoms with Crippen LogP contribution in [0.5, 0.6) is 5.75 Å². The lowest BCUT2D eigenvalue weighted by Gasteiger charge is -2.42. The molecular formula is C15H21N3O4. The highest BCUT2D eigenvalue weighted by molar-refractivity contribution is 5.78. The first-order valence-corrected chi connectivity index (χ1v) is 7.36. The van der Waals surface area contributed by atoms with E-state index in [1.807, 2.05) is 11.8 Å². The molecule has 0 spiro atoms. The van der Waals surface area contributed by atoms with Gasteiger partial charge in [0.2, 0.25) is 0 Å². The molecule has 0 radical (unpaired) electrons. The number of hydrogen-bond acceptors (Lipinski definition) is 5. The number of ether oxygens (including phenoxy) is 1. The third-order valence-corrected chi connectivity index (χ3v) is 3.74. The number of carboxylic acid groups (broad SMARTS) is 1. The van der Waals surface area contributed by atoms with E-state index in [2.05, 4.69) is 10.3 Å². The zero-order chi connectivity index (χ0) is 15.9. The number of nitrogens with zero attached hydrogens (tertiary/aromatic N) is 2. The van der Waals surface area contributed by atoms with Crippen molar-refractivity contribution >= 4 is 11.9 Å². The van der Waals surface area contributed by atoms with Crippen LogP contribution in [0.25, 0.3) is 0 Å². The number of aliphatic carboxylic acids is 1. The highest BCUT2D eigenvalue weighted by Gasteiger charge is 2.34. The molecule has 1 heterocycles. The maximum atomic E-state index is 11.8. The Bertz CT molecular complexity index is 503. The molecule has 1 aliphatic rings. The van der Waals surface area contributed by atoms with E-state index in [0.29, 0.717) is 12.3 Å². The van der Waals surface area contributed by atoms with Crippen LogP contribution in [0.2, 0.25) is 0 Å². The molecule has 1 aromatic heterocycles. The van der Waals surface area contributed by atoms with Gasteiger partial charge in [0.15, 0.2) is 6.61 Å². The molecule has 0 atom stereocenters. The van der Waals surface area contributed by atoms with Crippen molar-refractivity contribution in [2.45, 2.75) is 31.8 Å². The topological polar surface area (TPSA) is 91.8 Å². The Morgan fingerprint density at radius 3 is 2.86 bits per heavy atom. The van der Waals surface area contributed by atoms with Gasteiger partial charge in [0.1, 0.15) is 5.75 Å². The summed E-state index contributed by atoms with van der Waals surface area (Å²) in [4.78, 5) is 28.4. The van der Waals surface area contributed by atoms with Gasteiger partial charge < -0.3 is 15.2 Å². The molecule has 0 aromatic carbocycles. The fourth-order valence-electron chi connectivity index (χ4n) is 2.53. The minimum Gasteiger partial charge on any atom is -0.482 e. The second-order valence-electron chi connectivity index (χ2n) is 5.32. The second kappa shape index (κ2) is 7.74. The Hall–Kier alpha value is -2.15. The average molecular weight is 307 g/mol. The van der Waals surface area contributed by atoms with E-state index < -0.39 is 5.97 Å². The number of pyridine rings is 1. The summed E-state index contributed by atoms with van der Waals surface area (Å²) in [5, 5.41) is 11.7. The maximum Gasteiger partial charge on any atom is 0.317 e. The third kappa shape index (κ3) is 4.70. The summed E-state index contributed by atoms with van der Waals surface area (Å²) in [7, 11) is 0. The van der Waals surface area contributed by atoms with Gasteiger partial charge in [0.25, 0.3) is 5.91 Å². The van der Waals surface area contributed by atoms with Gasteiger partial charge in [-0.2, -0.15) is 0 Å². The Kier molecular flexibility index (Phi) is 5.71. The second-order valence-corrected chi connectivity index (χ2v) is 5.32. The highest BCUT2D eigenvalue weighted by Crippen LogP contribution is 2.25. The van der Waals surface area contributed by atoms with Crippen molar-refractivity contribution in [1.82, 2.24) is 15.2 Å². The summed E-state index contributed by atoms with van der Waals surface area (Å²) in [6.45, 7) is 2.64. The van der Waals surface area contributed by atoms with Gasteiger partial charge in [-0.05, 0) is 31.5 Å². The molecule has 0 aliphatic heterocycles. The first kappa shape index (κ1) is 16.2. The van der Waals surface area contributed by atoms with Crippen LogP contribution in [-0.2, 0) is 9.59 Å². The molecule has 0 saturated heterocycles. The number of likely N-dealkylation sites (N-methyl/N-ethyl adjacent to an activating group) is 1. The van der Waals surface area contributed by atoms with Gasteiger partial charge in [-0.15, -0.1) is 0 Å². The largest absolute Gasteiger partial charge is 0.482 e. The summed E-state index contributed by atoms with van der Waals surface area (Å²) in [6.07, 6.45) is 4.75. The van der Waals surface area contributed by atoms with E-state index in [1.54, 1.807) is 24.5 Å². The number of hydrogen-bond donors (Lipinski definition) is 2. The molecule has 2 N–H and O–H groups in total. The zero-order valence-electron chi connectivity index (χ0n) is 12.6. The summed E-state index contributed by atoms with van der Waals surface area (Å²) < 4.78 is 5.32. The van der Waals surface area contributed by atoms with Gasteiger partial charge in [0, 0.05) is 18.3 Å². The van der Waals surface area contributed by atoms with E-state index in [4.69, 9.17) is 9.84 Å². The minimum absolute atomic E-state index is 0.0422. The molecule has 1 fully saturated rings. The van der Waals surface area contributed by atoms with Crippen LogP contribution in [0.3, 0.4) is 0 Å². The molecular weight excluding hydrogens is 286 g/mol. The zero-order valence-corrected chi connectivity index (χ0v) is 12.6. The molecule has 1 aromatic rings. The summed E-state index contributed by atoms with van der Waals surface area (Å²) in [5.74, 6) is -0.435. The molecule has 0 unspecified atom stereocenters. The standard InChI is InChI=1S/C15H21N3O4/c1-2-18(9-15(20)21)12-6-11(7-12)17-14(19)10-22-13-4-3-5-16-8-13/h3-5,8,11-12H,2,6-7,9-10H2,1H3,(H,17,19)(H,20,21). The fourth-order valence-corrected chi connectivity index (χ4v) is 2.53. The Balaban J connectivity index is 1.66. The molecule has 7 nitrogen and oxygen atoms in total. The van der Waals surface area contributed by atoms with Gasteiger partial charge in [0.05, 0.1) is 12.7 Å². The van der Waals surface area contributed by atoms with Crippen molar-refractivity contribution in [2.24, 2.45) is 0 Å². The lowest BCUT2D eigenvalue weighted by Crippen LogP contribution is -2.55. The number of rotatable bonds is 8. The van der Waals surface area contributed by atoms with Crippen LogP contribution >= 0.6 is 0 Å². The van der Waals surface area contributed by atoms with Crippen LogP contribution < -0.4 is 10.1 Å². The molecule has 1 amide bonds. The molecule has 120 valence electrons. The fraction of sp³-hybridized carbons (Fsp3) is 0.533. The average Bonchev–Trinajstić information content (AvgIpc) is 2.47. The quantitative estimate of drug-likeness (QED) is 0.727. The van der Waals surface area contributed by atoms with Crippen molar-refractivity contribution in [2.75, 3.05) is 19.7 Å². The van der Waals surface area contributed by atoms with Crippen LogP contribution in [-0.4, -0.2) is 58.6 Å². The van der Waals surface area contributed by atoms with Crippen molar-refractivity contribution in [3.63, 3.8) is 0 Å². The van der Waals surface area contributed by atoms with E-state index in [0.717, 1.165) is 12.8 Å². The number of amides is 1. The van der Waals surface area contributed by atoms with E-state index in [-0.39, 0.29) is 31.1 Å². The summed E-state index contributed by atoms with van der Waals surface area (Å²) in [6, 6.07) is 3.81. The first-order chi connectivity index (χ1) is 10.6. The SMILES string of the molecule is CCN(CC(=O)O)C1CC(NC(=O)COc2cccnc2)C1. The predicted octanol–water partition coefficient (Wildman–Crippen LogP) is 0.514. The van der Waals surface area contributed by atoms with E-state index in [1.165, 1.54) is 0 Å². The van der Waals surface area contributed by atoms with Crippen LogP contribution in [0.1, 0.15) is 19.8 Å². The van der Waals surface area contributed by atoms with E-state index >= 15 is 0 Å². The number of carboxylic acids is 1. The van der Waals surface area contributed by atoms with Crippen molar-refractivity contribution < 1.29 is 19.4 Å². The summed E-state index contributed by atoms with van der Waals surface area (Å²) >= 11 is 0. The minimum atomic E-state index is -0.820. The first-order valence-electron chi connectivity index (χ1n) is 7.36. The molecule has 0 bridgehead atoms. The van der Waals surface area contributed by atoms with Crippen molar-refractivity contribution in [3.8, 4) is 5.75 Å². The monoisotopic (exact) mass is 307 g/mol. The normalized spacial score (nSPS) is 20.3. The predicted molar refractivity (Wildman–Crippen MR) is 79.6 cm³/mol. The van der Waals surface area contributed by atoms with Crippen LogP contribution in [0.15, 0.2) is 24.5 Å². The lowest BCUT2D eigenvalue weighted by molar-refractivity contribution is -0.139. The highest BCUT2D eigenvalue weighted by atomic mass is 16.5. The van der Waals surface area contributed by atoms with Crippen molar-refractivity contribution in [1.29, 1.82) is 0 Å². The molecule has 7 heteroatoms. The van der Waals surface area contributed by atoms with Gasteiger partial charge in [-0.1, -0.05) is 6.92 Å². The molecule has 1 saturated carbocycles. The lowest BCUT2D eigenvalue weighted by atomic mass is 9.85. The van der Waals surface area contributed by atoms with Crippen LogP contribution in [0, 0.1) is 0 Å². The smallest absolute Gasteiger partial charge is 0.317 e.